The Hall–Kier alpha value is -2.11. The van der Waals surface area contributed by atoms with E-state index in [0.29, 0.717) is 29.3 Å². The molecule has 2 aliphatic carbocycles. The maximum atomic E-state index is 13.1. The van der Waals surface area contributed by atoms with Crippen LogP contribution < -0.4 is 5.32 Å². The van der Waals surface area contributed by atoms with E-state index >= 15 is 0 Å². The van der Waals surface area contributed by atoms with Gasteiger partial charge in [-0.3, -0.25) is 14.9 Å². The molecule has 1 heterocycles. The Kier molecular flexibility index (Phi) is 4.13. The van der Waals surface area contributed by atoms with Crippen LogP contribution in [0.5, 0.6) is 0 Å². The average molecular weight is 343 g/mol. The number of nitrogens with zero attached hydrogens (tertiary/aromatic N) is 2. The molecule has 1 aromatic carbocycles. The van der Waals surface area contributed by atoms with Crippen LogP contribution in [0.4, 0.5) is 11.4 Å². The summed E-state index contributed by atoms with van der Waals surface area (Å²) >= 11 is 0. The van der Waals surface area contributed by atoms with Gasteiger partial charge in [-0.1, -0.05) is 12.8 Å². The molecule has 1 aromatic rings. The Morgan fingerprint density at radius 1 is 1.24 bits per heavy atom. The second kappa shape index (κ2) is 6.32. The van der Waals surface area contributed by atoms with Crippen LogP contribution in [0.1, 0.15) is 62.2 Å². The molecule has 4 rings (SSSR count). The van der Waals surface area contributed by atoms with E-state index in [1.165, 1.54) is 25.3 Å². The number of benzene rings is 1. The summed E-state index contributed by atoms with van der Waals surface area (Å²) in [5.74, 6) is 0.543. The fourth-order valence-corrected chi connectivity index (χ4v) is 4.59. The molecule has 3 fully saturated rings. The van der Waals surface area contributed by atoms with Crippen molar-refractivity contribution in [2.24, 2.45) is 5.92 Å². The minimum Gasteiger partial charge on any atom is -0.377 e. The number of amides is 1. The van der Waals surface area contributed by atoms with Crippen molar-refractivity contribution in [2.45, 2.75) is 70.0 Å². The normalized spacial score (nSPS) is 28.5. The van der Waals surface area contributed by atoms with Gasteiger partial charge in [0.15, 0.2) is 0 Å². The highest BCUT2D eigenvalue weighted by molar-refractivity contribution is 5.96. The molecule has 0 spiro atoms. The Morgan fingerprint density at radius 3 is 2.72 bits per heavy atom. The van der Waals surface area contributed by atoms with Crippen molar-refractivity contribution in [3.8, 4) is 0 Å². The Bertz CT molecular complexity index is 701. The van der Waals surface area contributed by atoms with Crippen molar-refractivity contribution in [2.75, 3.05) is 5.32 Å². The highest BCUT2D eigenvalue weighted by atomic mass is 16.6. The van der Waals surface area contributed by atoms with Crippen molar-refractivity contribution in [1.82, 2.24) is 4.90 Å². The molecule has 1 aliphatic heterocycles. The molecule has 0 radical (unpaired) electrons. The number of hydrogen-bond acceptors (Lipinski definition) is 4. The van der Waals surface area contributed by atoms with Crippen LogP contribution in [0.3, 0.4) is 0 Å². The van der Waals surface area contributed by atoms with Crippen molar-refractivity contribution in [3.63, 3.8) is 0 Å². The molecule has 1 saturated heterocycles. The van der Waals surface area contributed by atoms with E-state index in [1.54, 1.807) is 12.1 Å². The third-order valence-electron chi connectivity index (χ3n) is 5.96. The Labute approximate surface area is 147 Å². The molecule has 6 nitrogen and oxygen atoms in total. The predicted molar refractivity (Wildman–Crippen MR) is 95.7 cm³/mol. The van der Waals surface area contributed by atoms with E-state index in [0.717, 1.165) is 25.7 Å². The fourth-order valence-electron chi connectivity index (χ4n) is 4.59. The van der Waals surface area contributed by atoms with Gasteiger partial charge >= 0.3 is 0 Å². The zero-order valence-corrected chi connectivity index (χ0v) is 14.6. The average Bonchev–Trinajstić information content (AvgIpc) is 3.34. The van der Waals surface area contributed by atoms with Gasteiger partial charge < -0.3 is 10.2 Å². The number of hydrogen-bond donors (Lipinski definition) is 1. The first-order valence-corrected chi connectivity index (χ1v) is 9.42. The lowest BCUT2D eigenvalue weighted by atomic mass is 9.85. The summed E-state index contributed by atoms with van der Waals surface area (Å²) in [5.41, 5.74) is 0.963. The molecule has 3 unspecified atom stereocenters. The number of carbonyl (C=O) groups is 1. The second-order valence-electron chi connectivity index (χ2n) is 7.82. The first kappa shape index (κ1) is 16.4. The Morgan fingerprint density at radius 2 is 2.00 bits per heavy atom. The zero-order chi connectivity index (χ0) is 17.6. The molecule has 3 atom stereocenters. The van der Waals surface area contributed by atoms with E-state index in [4.69, 9.17) is 0 Å². The third-order valence-corrected chi connectivity index (χ3v) is 5.96. The van der Waals surface area contributed by atoms with Crippen LogP contribution >= 0.6 is 0 Å². The van der Waals surface area contributed by atoms with E-state index < -0.39 is 4.92 Å². The van der Waals surface area contributed by atoms with Gasteiger partial charge in [-0.2, -0.15) is 0 Å². The number of anilines is 1. The molecule has 1 N–H and O–H groups in total. The molecule has 0 bridgehead atoms. The van der Waals surface area contributed by atoms with Crippen LogP contribution in [-0.4, -0.2) is 33.9 Å². The smallest absolute Gasteiger partial charge is 0.293 e. The monoisotopic (exact) mass is 343 g/mol. The van der Waals surface area contributed by atoms with E-state index in [2.05, 4.69) is 12.2 Å². The van der Waals surface area contributed by atoms with Crippen LogP contribution in [0.15, 0.2) is 18.2 Å². The highest BCUT2D eigenvalue weighted by Crippen LogP contribution is 2.41. The summed E-state index contributed by atoms with van der Waals surface area (Å²) < 4.78 is 0. The molecule has 25 heavy (non-hydrogen) atoms. The molecular formula is C19H25N3O3. The van der Waals surface area contributed by atoms with Crippen LogP contribution in [0.2, 0.25) is 0 Å². The number of carbonyl (C=O) groups excluding carboxylic acids is 1. The number of nitro benzene ring substituents is 1. The van der Waals surface area contributed by atoms with Gasteiger partial charge in [0.25, 0.3) is 11.6 Å². The minimum absolute atomic E-state index is 0.00444. The fraction of sp³-hybridized carbons (Fsp3) is 0.632. The van der Waals surface area contributed by atoms with Crippen molar-refractivity contribution in [3.05, 3.63) is 33.9 Å². The molecule has 6 heteroatoms. The molecule has 1 amide bonds. The second-order valence-corrected chi connectivity index (χ2v) is 7.82. The summed E-state index contributed by atoms with van der Waals surface area (Å²) in [4.78, 5) is 26.2. The molecule has 3 aliphatic rings. The van der Waals surface area contributed by atoms with Gasteiger partial charge in [0.05, 0.1) is 4.92 Å². The van der Waals surface area contributed by atoms with Crippen LogP contribution in [0.25, 0.3) is 0 Å². The molecular weight excluding hydrogens is 318 g/mol. The van der Waals surface area contributed by atoms with Gasteiger partial charge in [-0.15, -0.1) is 0 Å². The van der Waals surface area contributed by atoms with E-state index in [1.807, 2.05) is 4.90 Å². The lowest BCUT2D eigenvalue weighted by Crippen LogP contribution is -2.42. The highest BCUT2D eigenvalue weighted by Gasteiger charge is 2.43. The first-order valence-electron chi connectivity index (χ1n) is 9.42. The number of fused-ring (bicyclic) bond motifs is 1. The zero-order valence-electron chi connectivity index (χ0n) is 14.6. The topological polar surface area (TPSA) is 75.5 Å². The van der Waals surface area contributed by atoms with Gasteiger partial charge in [0, 0.05) is 29.8 Å². The predicted octanol–water partition coefficient (Wildman–Crippen LogP) is 3.96. The maximum absolute atomic E-state index is 13.1. The van der Waals surface area contributed by atoms with Crippen molar-refractivity contribution in [1.29, 1.82) is 0 Å². The van der Waals surface area contributed by atoms with Gasteiger partial charge in [-0.05, 0) is 57.1 Å². The molecule has 0 aromatic heterocycles. The number of nitrogens with one attached hydrogen (secondary N) is 1. The SMILES string of the molecule is CC1CC2CCCCC2N1C(=O)c1ccc(NC2CC2)c([N+](=O)[O-])c1. The number of likely N-dealkylation sites (tertiary alicyclic amines) is 1. The lowest BCUT2D eigenvalue weighted by molar-refractivity contribution is -0.384. The van der Waals surface area contributed by atoms with Gasteiger partial charge in [0.2, 0.25) is 0 Å². The maximum Gasteiger partial charge on any atom is 0.293 e. The quantitative estimate of drug-likeness (QED) is 0.663. The standard InChI is InChI=1S/C19H25N3O3/c1-12-10-13-4-2-3-5-17(13)21(12)19(23)14-6-9-16(20-15-7-8-15)18(11-14)22(24)25/h6,9,11-13,15,17,20H,2-5,7-8,10H2,1H3. The molecule has 2 saturated carbocycles. The molecule has 134 valence electrons. The summed E-state index contributed by atoms with van der Waals surface area (Å²) in [6, 6.07) is 5.74. The number of rotatable bonds is 4. The minimum atomic E-state index is -0.391. The summed E-state index contributed by atoms with van der Waals surface area (Å²) in [5, 5.41) is 14.6. The lowest BCUT2D eigenvalue weighted by Gasteiger charge is -2.33. The Balaban J connectivity index is 1.60. The third kappa shape index (κ3) is 3.10. The number of nitro groups is 1. The van der Waals surface area contributed by atoms with Gasteiger partial charge in [-0.25, -0.2) is 0 Å². The van der Waals surface area contributed by atoms with Crippen LogP contribution in [-0.2, 0) is 0 Å². The van der Waals surface area contributed by atoms with E-state index in [-0.39, 0.29) is 17.6 Å². The van der Waals surface area contributed by atoms with Crippen LogP contribution in [0, 0.1) is 16.0 Å². The summed E-state index contributed by atoms with van der Waals surface area (Å²) in [6.07, 6.45) is 7.83. The first-order chi connectivity index (χ1) is 12.0. The summed E-state index contributed by atoms with van der Waals surface area (Å²) in [7, 11) is 0. The van der Waals surface area contributed by atoms with Crippen molar-refractivity contribution < 1.29 is 9.72 Å². The largest absolute Gasteiger partial charge is 0.377 e. The van der Waals surface area contributed by atoms with E-state index in [9.17, 15) is 14.9 Å². The summed E-state index contributed by atoms with van der Waals surface area (Å²) in [6.45, 7) is 2.10. The van der Waals surface area contributed by atoms with Crippen molar-refractivity contribution >= 4 is 17.3 Å². The van der Waals surface area contributed by atoms with Gasteiger partial charge in [0.1, 0.15) is 5.69 Å².